The van der Waals surface area contributed by atoms with E-state index in [4.69, 9.17) is 14.2 Å². The van der Waals surface area contributed by atoms with Crippen LogP contribution in [0.2, 0.25) is 0 Å². The van der Waals surface area contributed by atoms with Gasteiger partial charge < -0.3 is 19.5 Å². The Morgan fingerprint density at radius 2 is 1.61 bits per heavy atom. The molecular weight excluding hydrogens is 426 g/mol. The van der Waals surface area contributed by atoms with E-state index in [9.17, 15) is 14.4 Å². The van der Waals surface area contributed by atoms with E-state index in [1.54, 1.807) is 72.8 Å². The number of hydrogen-bond donors (Lipinski definition) is 2. The molecule has 3 aromatic carbocycles. The first kappa shape index (κ1) is 23.0. The highest BCUT2D eigenvalue weighted by atomic mass is 16.6. The van der Waals surface area contributed by atoms with Crippen LogP contribution in [0.15, 0.2) is 77.9 Å². The zero-order chi connectivity index (χ0) is 23.6. The first-order valence-electron chi connectivity index (χ1n) is 9.74. The zero-order valence-electron chi connectivity index (χ0n) is 17.9. The SMILES string of the molecule is COc1cccc(NC(=O)C(=O)N/N=C\c2ccc(OC(=O)c3ccccc3)c(OC)c2)c1. The number of methoxy groups -OCH3 is 2. The van der Waals surface area contributed by atoms with Gasteiger partial charge in [-0.25, -0.2) is 10.2 Å². The van der Waals surface area contributed by atoms with E-state index in [-0.39, 0.29) is 5.75 Å². The molecule has 3 aromatic rings. The van der Waals surface area contributed by atoms with Gasteiger partial charge in [0, 0.05) is 11.8 Å². The maximum absolute atomic E-state index is 12.2. The van der Waals surface area contributed by atoms with Crippen molar-refractivity contribution < 1.29 is 28.6 Å². The number of nitrogens with one attached hydrogen (secondary N) is 2. The molecule has 0 aromatic heterocycles. The minimum atomic E-state index is -0.950. The van der Waals surface area contributed by atoms with Crippen LogP contribution in [0.1, 0.15) is 15.9 Å². The standard InChI is InChI=1S/C24H21N3O6/c1-31-19-10-6-9-18(14-19)26-22(28)23(29)27-25-15-16-11-12-20(21(13-16)32-2)33-24(30)17-7-4-3-5-8-17/h3-15H,1-2H3,(H,26,28)(H,27,29)/b25-15-. The second kappa shape index (κ2) is 11.1. The highest BCUT2D eigenvalue weighted by Crippen LogP contribution is 2.28. The van der Waals surface area contributed by atoms with Gasteiger partial charge in [0.2, 0.25) is 0 Å². The predicted molar refractivity (Wildman–Crippen MR) is 122 cm³/mol. The van der Waals surface area contributed by atoms with E-state index in [1.165, 1.54) is 20.4 Å². The van der Waals surface area contributed by atoms with Crippen molar-refractivity contribution in [2.45, 2.75) is 0 Å². The summed E-state index contributed by atoms with van der Waals surface area (Å²) < 4.78 is 15.7. The number of ether oxygens (including phenoxy) is 3. The second-order valence-electron chi connectivity index (χ2n) is 6.55. The molecule has 33 heavy (non-hydrogen) atoms. The molecule has 2 N–H and O–H groups in total. The summed E-state index contributed by atoms with van der Waals surface area (Å²) in [6.07, 6.45) is 1.32. The van der Waals surface area contributed by atoms with Gasteiger partial charge in [0.05, 0.1) is 26.0 Å². The third kappa shape index (κ3) is 6.41. The number of hydrogen-bond acceptors (Lipinski definition) is 7. The molecule has 0 radical (unpaired) electrons. The maximum atomic E-state index is 12.2. The Hall–Kier alpha value is -4.66. The molecule has 2 amide bonds. The molecule has 168 valence electrons. The molecule has 3 rings (SSSR count). The Morgan fingerprint density at radius 1 is 0.818 bits per heavy atom. The summed E-state index contributed by atoms with van der Waals surface area (Å²) in [5.41, 5.74) is 3.50. The van der Waals surface area contributed by atoms with Gasteiger partial charge in [-0.15, -0.1) is 0 Å². The Morgan fingerprint density at radius 3 is 2.33 bits per heavy atom. The molecule has 9 heteroatoms. The summed E-state index contributed by atoms with van der Waals surface area (Å²) >= 11 is 0. The zero-order valence-corrected chi connectivity index (χ0v) is 17.9. The van der Waals surface area contributed by atoms with Crippen molar-refractivity contribution >= 4 is 29.7 Å². The monoisotopic (exact) mass is 447 g/mol. The van der Waals surface area contributed by atoms with Crippen LogP contribution in [0.4, 0.5) is 5.69 Å². The van der Waals surface area contributed by atoms with E-state index < -0.39 is 17.8 Å². The van der Waals surface area contributed by atoms with Crippen molar-refractivity contribution in [2.75, 3.05) is 19.5 Å². The lowest BCUT2D eigenvalue weighted by Gasteiger charge is -2.10. The highest BCUT2D eigenvalue weighted by Gasteiger charge is 2.14. The molecule has 0 aliphatic rings. The Kier molecular flexibility index (Phi) is 7.74. The Balaban J connectivity index is 1.59. The quantitative estimate of drug-likeness (QED) is 0.189. The van der Waals surface area contributed by atoms with Crippen LogP contribution in [0.25, 0.3) is 0 Å². The lowest BCUT2D eigenvalue weighted by atomic mass is 10.2. The van der Waals surface area contributed by atoms with Crippen molar-refractivity contribution in [2.24, 2.45) is 5.10 Å². The topological polar surface area (TPSA) is 115 Å². The van der Waals surface area contributed by atoms with Crippen LogP contribution in [0, 0.1) is 0 Å². The third-order valence-electron chi connectivity index (χ3n) is 4.31. The number of benzene rings is 3. The molecule has 9 nitrogen and oxygen atoms in total. The average molecular weight is 447 g/mol. The molecule has 0 heterocycles. The van der Waals surface area contributed by atoms with Crippen LogP contribution in [-0.2, 0) is 9.59 Å². The number of carbonyl (C=O) groups is 3. The van der Waals surface area contributed by atoms with Gasteiger partial charge in [0.25, 0.3) is 0 Å². The summed E-state index contributed by atoms with van der Waals surface area (Å²) in [4.78, 5) is 36.2. The third-order valence-corrected chi connectivity index (χ3v) is 4.31. The summed E-state index contributed by atoms with van der Waals surface area (Å²) in [5.74, 6) is -1.30. The van der Waals surface area contributed by atoms with E-state index in [0.29, 0.717) is 28.3 Å². The fraction of sp³-hybridized carbons (Fsp3) is 0.0833. The minimum Gasteiger partial charge on any atom is -0.497 e. The molecule has 0 unspecified atom stereocenters. The summed E-state index contributed by atoms with van der Waals surface area (Å²) in [7, 11) is 2.93. The van der Waals surface area contributed by atoms with Crippen molar-refractivity contribution in [3.8, 4) is 17.2 Å². The summed E-state index contributed by atoms with van der Waals surface area (Å²) in [6.45, 7) is 0. The maximum Gasteiger partial charge on any atom is 0.343 e. The molecule has 0 aliphatic carbocycles. The van der Waals surface area contributed by atoms with Gasteiger partial charge in [0.15, 0.2) is 11.5 Å². The van der Waals surface area contributed by atoms with Gasteiger partial charge in [-0.05, 0) is 48.0 Å². The van der Waals surface area contributed by atoms with Crippen molar-refractivity contribution in [3.05, 3.63) is 83.9 Å². The minimum absolute atomic E-state index is 0.227. The van der Waals surface area contributed by atoms with Gasteiger partial charge in [-0.2, -0.15) is 5.10 Å². The molecule has 0 saturated carbocycles. The molecule has 0 spiro atoms. The number of hydrazone groups is 1. The number of esters is 1. The largest absolute Gasteiger partial charge is 0.497 e. The molecule has 0 fully saturated rings. The lowest BCUT2D eigenvalue weighted by molar-refractivity contribution is -0.136. The van der Waals surface area contributed by atoms with Gasteiger partial charge >= 0.3 is 17.8 Å². The molecule has 0 atom stereocenters. The molecule has 0 bridgehead atoms. The first-order valence-corrected chi connectivity index (χ1v) is 9.74. The number of amides is 2. The fourth-order valence-electron chi connectivity index (χ4n) is 2.69. The Bertz CT molecular complexity index is 1180. The Labute approximate surface area is 190 Å². The van der Waals surface area contributed by atoms with Gasteiger partial charge in [-0.3, -0.25) is 9.59 Å². The number of carbonyl (C=O) groups excluding carboxylic acids is 3. The lowest BCUT2D eigenvalue weighted by Crippen LogP contribution is -2.32. The molecular formula is C24H21N3O6. The van der Waals surface area contributed by atoms with E-state index in [2.05, 4.69) is 15.8 Å². The fourth-order valence-corrected chi connectivity index (χ4v) is 2.69. The van der Waals surface area contributed by atoms with Crippen molar-refractivity contribution in [1.29, 1.82) is 0 Å². The number of nitrogens with zero attached hydrogens (tertiary/aromatic N) is 1. The van der Waals surface area contributed by atoms with Crippen LogP contribution >= 0.6 is 0 Å². The van der Waals surface area contributed by atoms with Crippen LogP contribution in [-0.4, -0.2) is 38.2 Å². The smallest absolute Gasteiger partial charge is 0.343 e. The summed E-state index contributed by atoms with van der Waals surface area (Å²) in [6, 6.07) is 19.9. The first-order chi connectivity index (χ1) is 16.0. The van der Waals surface area contributed by atoms with Gasteiger partial charge in [-0.1, -0.05) is 24.3 Å². The van der Waals surface area contributed by atoms with Crippen molar-refractivity contribution in [3.63, 3.8) is 0 Å². The van der Waals surface area contributed by atoms with E-state index >= 15 is 0 Å². The average Bonchev–Trinajstić information content (AvgIpc) is 2.85. The van der Waals surface area contributed by atoms with Crippen LogP contribution < -0.4 is 25.0 Å². The van der Waals surface area contributed by atoms with Crippen LogP contribution in [0.5, 0.6) is 17.2 Å². The normalized spacial score (nSPS) is 10.4. The van der Waals surface area contributed by atoms with E-state index in [0.717, 1.165) is 0 Å². The predicted octanol–water partition coefficient (Wildman–Crippen LogP) is 3.01. The number of rotatable bonds is 7. The highest BCUT2D eigenvalue weighted by molar-refractivity contribution is 6.39. The van der Waals surface area contributed by atoms with Gasteiger partial charge in [0.1, 0.15) is 5.75 Å². The molecule has 0 aliphatic heterocycles. The van der Waals surface area contributed by atoms with Crippen molar-refractivity contribution in [1.82, 2.24) is 5.43 Å². The second-order valence-corrected chi connectivity index (χ2v) is 6.55. The summed E-state index contributed by atoms with van der Waals surface area (Å²) in [5, 5.41) is 6.23. The van der Waals surface area contributed by atoms with Crippen LogP contribution in [0.3, 0.4) is 0 Å². The number of anilines is 1. The van der Waals surface area contributed by atoms with E-state index in [1.807, 2.05) is 0 Å². The molecule has 0 saturated heterocycles.